The van der Waals surface area contributed by atoms with Gasteiger partial charge in [-0.05, 0) is 31.5 Å². The molecular weight excluding hydrogens is 245 g/mol. The average molecular weight is 260 g/mol. The molecule has 1 unspecified atom stereocenters. The van der Waals surface area contributed by atoms with Crippen LogP contribution in [0.4, 0.5) is 10.1 Å². The van der Waals surface area contributed by atoms with Crippen LogP contribution in [0.2, 0.25) is 5.02 Å². The number of carbonyl (C=O) groups excluding carboxylic acids is 1. The maximum atomic E-state index is 12.8. The standard InChI is InChI=1S/C12H15ClFNO2/c1-3-10(12(16)17-4-2)15-11-6-5-8(14)7-9(11)13/h5-7,10,15H,3-4H2,1-2H3. The predicted octanol–water partition coefficient (Wildman–Crippen LogP) is 3.23. The summed E-state index contributed by atoms with van der Waals surface area (Å²) in [5, 5.41) is 3.18. The number of hydrogen-bond donors (Lipinski definition) is 1. The highest BCUT2D eigenvalue weighted by Gasteiger charge is 2.18. The van der Waals surface area contributed by atoms with Crippen molar-refractivity contribution in [3.63, 3.8) is 0 Å². The second-order valence-corrected chi connectivity index (χ2v) is 3.89. The van der Waals surface area contributed by atoms with Crippen molar-refractivity contribution in [1.82, 2.24) is 0 Å². The highest BCUT2D eigenvalue weighted by molar-refractivity contribution is 6.33. The van der Waals surface area contributed by atoms with Crippen LogP contribution >= 0.6 is 11.6 Å². The molecule has 0 fully saturated rings. The van der Waals surface area contributed by atoms with E-state index in [1.54, 1.807) is 6.92 Å². The van der Waals surface area contributed by atoms with Crippen LogP contribution < -0.4 is 5.32 Å². The van der Waals surface area contributed by atoms with Crippen LogP contribution in [0.3, 0.4) is 0 Å². The molecule has 3 nitrogen and oxygen atoms in total. The van der Waals surface area contributed by atoms with Crippen molar-refractivity contribution in [2.45, 2.75) is 26.3 Å². The monoisotopic (exact) mass is 259 g/mol. The number of anilines is 1. The van der Waals surface area contributed by atoms with Gasteiger partial charge in [0.25, 0.3) is 0 Å². The van der Waals surface area contributed by atoms with Gasteiger partial charge in [0.05, 0.1) is 17.3 Å². The highest BCUT2D eigenvalue weighted by Crippen LogP contribution is 2.23. The zero-order chi connectivity index (χ0) is 12.8. The summed E-state index contributed by atoms with van der Waals surface area (Å²) in [7, 11) is 0. The molecule has 0 aliphatic heterocycles. The van der Waals surface area contributed by atoms with Gasteiger partial charge >= 0.3 is 5.97 Å². The molecule has 1 atom stereocenters. The van der Waals surface area contributed by atoms with Crippen molar-refractivity contribution in [3.05, 3.63) is 29.0 Å². The van der Waals surface area contributed by atoms with Gasteiger partial charge in [-0.2, -0.15) is 0 Å². The van der Waals surface area contributed by atoms with Crippen molar-refractivity contribution >= 4 is 23.3 Å². The molecule has 0 heterocycles. The molecule has 0 saturated carbocycles. The van der Waals surface area contributed by atoms with Gasteiger partial charge in [-0.1, -0.05) is 18.5 Å². The van der Waals surface area contributed by atoms with Gasteiger partial charge < -0.3 is 10.1 Å². The summed E-state index contributed by atoms with van der Waals surface area (Å²) in [6.07, 6.45) is 0.562. The minimum absolute atomic E-state index is 0.243. The van der Waals surface area contributed by atoms with E-state index >= 15 is 0 Å². The number of benzene rings is 1. The second kappa shape index (κ2) is 6.45. The predicted molar refractivity (Wildman–Crippen MR) is 65.7 cm³/mol. The maximum Gasteiger partial charge on any atom is 0.328 e. The number of halogens is 2. The van der Waals surface area contributed by atoms with Gasteiger partial charge in [-0.25, -0.2) is 9.18 Å². The Kier molecular flexibility index (Phi) is 5.22. The zero-order valence-electron chi connectivity index (χ0n) is 9.80. The van der Waals surface area contributed by atoms with Gasteiger partial charge in [0.1, 0.15) is 11.9 Å². The Morgan fingerprint density at radius 2 is 2.24 bits per heavy atom. The summed E-state index contributed by atoms with van der Waals surface area (Å²) in [4.78, 5) is 11.6. The fourth-order valence-corrected chi connectivity index (χ4v) is 1.59. The van der Waals surface area contributed by atoms with Crippen molar-refractivity contribution in [1.29, 1.82) is 0 Å². The third kappa shape index (κ3) is 3.89. The lowest BCUT2D eigenvalue weighted by atomic mass is 10.2. The molecule has 0 saturated heterocycles. The quantitative estimate of drug-likeness (QED) is 0.825. The lowest BCUT2D eigenvalue weighted by Gasteiger charge is -2.17. The number of nitrogens with one attached hydrogen (secondary N) is 1. The van der Waals surface area contributed by atoms with E-state index in [9.17, 15) is 9.18 Å². The number of rotatable bonds is 5. The molecule has 1 rings (SSSR count). The number of hydrogen-bond acceptors (Lipinski definition) is 3. The first-order chi connectivity index (χ1) is 8.08. The molecule has 94 valence electrons. The number of ether oxygens (including phenoxy) is 1. The second-order valence-electron chi connectivity index (χ2n) is 3.48. The molecule has 1 aromatic carbocycles. The molecule has 0 amide bonds. The van der Waals surface area contributed by atoms with Crippen molar-refractivity contribution in [2.24, 2.45) is 0 Å². The van der Waals surface area contributed by atoms with Crippen LogP contribution in [0.25, 0.3) is 0 Å². The Hall–Kier alpha value is -1.29. The Bertz CT molecular complexity index is 398. The van der Waals surface area contributed by atoms with Crippen molar-refractivity contribution in [3.8, 4) is 0 Å². The highest BCUT2D eigenvalue weighted by atomic mass is 35.5. The summed E-state index contributed by atoms with van der Waals surface area (Å²) in [5.74, 6) is -0.750. The molecule has 0 radical (unpaired) electrons. The van der Waals surface area contributed by atoms with Gasteiger partial charge in [-0.3, -0.25) is 0 Å². The van der Waals surface area contributed by atoms with Crippen LogP contribution in [0.5, 0.6) is 0 Å². The lowest BCUT2D eigenvalue weighted by molar-refractivity contribution is -0.144. The molecule has 0 spiro atoms. The van der Waals surface area contributed by atoms with E-state index in [2.05, 4.69) is 5.32 Å². The van der Waals surface area contributed by atoms with Crippen LogP contribution in [-0.2, 0) is 9.53 Å². The lowest BCUT2D eigenvalue weighted by Crippen LogP contribution is -2.30. The number of esters is 1. The summed E-state index contributed by atoms with van der Waals surface area (Å²) in [6.45, 7) is 3.93. The topological polar surface area (TPSA) is 38.3 Å². The van der Waals surface area contributed by atoms with Gasteiger partial charge in [0, 0.05) is 0 Å². The molecule has 1 N–H and O–H groups in total. The van der Waals surface area contributed by atoms with Crippen LogP contribution in [0.1, 0.15) is 20.3 Å². The van der Waals surface area contributed by atoms with Gasteiger partial charge in [0.15, 0.2) is 0 Å². The van der Waals surface area contributed by atoms with E-state index < -0.39 is 11.9 Å². The van der Waals surface area contributed by atoms with Gasteiger partial charge in [0.2, 0.25) is 0 Å². The zero-order valence-corrected chi connectivity index (χ0v) is 10.6. The average Bonchev–Trinajstić information content (AvgIpc) is 2.28. The molecule has 1 aromatic rings. The van der Waals surface area contributed by atoms with E-state index in [-0.39, 0.29) is 11.0 Å². The third-order valence-electron chi connectivity index (χ3n) is 2.24. The third-order valence-corrected chi connectivity index (χ3v) is 2.55. The van der Waals surface area contributed by atoms with Gasteiger partial charge in [-0.15, -0.1) is 0 Å². The van der Waals surface area contributed by atoms with E-state index in [0.717, 1.165) is 0 Å². The molecule has 0 aliphatic rings. The summed E-state index contributed by atoms with van der Waals surface area (Å²) >= 11 is 5.86. The summed E-state index contributed by atoms with van der Waals surface area (Å²) < 4.78 is 17.8. The fourth-order valence-electron chi connectivity index (χ4n) is 1.36. The largest absolute Gasteiger partial charge is 0.464 e. The van der Waals surface area contributed by atoms with E-state index in [4.69, 9.17) is 16.3 Å². The molecule has 0 bridgehead atoms. The minimum atomic E-state index is -0.474. The van der Waals surface area contributed by atoms with E-state index in [1.807, 2.05) is 6.92 Å². The molecular formula is C12H15ClFNO2. The summed E-state index contributed by atoms with van der Waals surface area (Å²) in [6, 6.07) is 3.51. The maximum absolute atomic E-state index is 12.8. The first-order valence-electron chi connectivity index (χ1n) is 5.46. The van der Waals surface area contributed by atoms with Crippen LogP contribution in [-0.4, -0.2) is 18.6 Å². The molecule has 17 heavy (non-hydrogen) atoms. The Labute approximate surface area is 105 Å². The van der Waals surface area contributed by atoms with E-state index in [1.165, 1.54) is 18.2 Å². The normalized spacial score (nSPS) is 12.0. The first kappa shape index (κ1) is 13.8. The minimum Gasteiger partial charge on any atom is -0.464 e. The Morgan fingerprint density at radius 1 is 1.53 bits per heavy atom. The van der Waals surface area contributed by atoms with E-state index in [0.29, 0.717) is 18.7 Å². The SMILES string of the molecule is CCOC(=O)C(CC)Nc1ccc(F)cc1Cl. The number of carbonyl (C=O) groups is 1. The smallest absolute Gasteiger partial charge is 0.328 e. The Balaban J connectivity index is 2.77. The molecule has 5 heteroatoms. The molecule has 0 aliphatic carbocycles. The fraction of sp³-hybridized carbons (Fsp3) is 0.417. The van der Waals surface area contributed by atoms with Crippen LogP contribution in [0.15, 0.2) is 18.2 Å². The molecule has 0 aromatic heterocycles. The Morgan fingerprint density at radius 3 is 2.76 bits per heavy atom. The van der Waals surface area contributed by atoms with Crippen molar-refractivity contribution in [2.75, 3.05) is 11.9 Å². The van der Waals surface area contributed by atoms with Crippen molar-refractivity contribution < 1.29 is 13.9 Å². The summed E-state index contributed by atoms with van der Waals surface area (Å²) in [5.41, 5.74) is 0.521. The first-order valence-corrected chi connectivity index (χ1v) is 5.84. The van der Waals surface area contributed by atoms with Crippen LogP contribution in [0, 0.1) is 5.82 Å².